The number of benzene rings is 9. The van der Waals surface area contributed by atoms with Gasteiger partial charge in [0.05, 0.1) is 5.41 Å². The van der Waals surface area contributed by atoms with Crippen molar-refractivity contribution in [1.82, 2.24) is 0 Å². The normalized spacial score (nSPS) is 13.5. The van der Waals surface area contributed by atoms with Gasteiger partial charge < -0.3 is 14.3 Å². The molecule has 0 fully saturated rings. The maximum Gasteiger partial charge on any atom is 0.329 e. The SMILES string of the molecule is c1ccc(C(c2ccccc2)(c2cc3c4c(c2)Oc2ccccc2B4c2ccccc2O3)c2ccc3c(c2)-c2ccccc2B2c4ccccc4-c4ccccc4N23)cc1. The van der Waals surface area contributed by atoms with E-state index in [-0.39, 0.29) is 13.6 Å². The molecular weight excluding hydrogens is 728 g/mol. The zero-order valence-corrected chi connectivity index (χ0v) is 32.6. The Kier molecular flexibility index (Phi) is 7.12. The quantitative estimate of drug-likeness (QED) is 0.132. The molecule has 9 aromatic carbocycles. The topological polar surface area (TPSA) is 21.7 Å². The highest BCUT2D eigenvalue weighted by atomic mass is 16.5. The van der Waals surface area contributed by atoms with Crippen molar-refractivity contribution >= 4 is 52.2 Å². The summed E-state index contributed by atoms with van der Waals surface area (Å²) >= 11 is 0. The molecular formula is C55H35B2NO2. The van der Waals surface area contributed by atoms with Crippen molar-refractivity contribution in [2.75, 3.05) is 4.81 Å². The molecule has 0 unspecified atom stereocenters. The van der Waals surface area contributed by atoms with Gasteiger partial charge in [0, 0.05) is 28.0 Å². The Balaban J connectivity index is 1.10. The lowest BCUT2D eigenvalue weighted by Gasteiger charge is -2.44. The maximum absolute atomic E-state index is 6.95. The van der Waals surface area contributed by atoms with Crippen LogP contribution in [0.25, 0.3) is 22.3 Å². The molecule has 0 aromatic heterocycles. The second-order valence-corrected chi connectivity index (χ2v) is 16.3. The van der Waals surface area contributed by atoms with E-state index >= 15 is 0 Å². The van der Waals surface area contributed by atoms with Crippen LogP contribution in [0.15, 0.2) is 212 Å². The summed E-state index contributed by atoms with van der Waals surface area (Å²) < 4.78 is 13.9. The van der Waals surface area contributed by atoms with Crippen LogP contribution in [-0.4, -0.2) is 13.6 Å². The summed E-state index contributed by atoms with van der Waals surface area (Å²) in [5, 5.41) is 0. The zero-order chi connectivity index (χ0) is 39.4. The molecule has 13 rings (SSSR count). The molecule has 4 aliphatic rings. The van der Waals surface area contributed by atoms with Gasteiger partial charge in [-0.2, -0.15) is 0 Å². The van der Waals surface area contributed by atoms with Crippen LogP contribution in [0.3, 0.4) is 0 Å². The van der Waals surface area contributed by atoms with E-state index in [1.54, 1.807) is 0 Å². The first-order valence-corrected chi connectivity index (χ1v) is 20.8. The first-order valence-electron chi connectivity index (χ1n) is 20.8. The molecule has 0 radical (unpaired) electrons. The highest BCUT2D eigenvalue weighted by Crippen LogP contribution is 2.52. The van der Waals surface area contributed by atoms with E-state index in [1.807, 2.05) is 0 Å². The van der Waals surface area contributed by atoms with Crippen LogP contribution in [0.5, 0.6) is 23.0 Å². The van der Waals surface area contributed by atoms with Gasteiger partial charge in [0.1, 0.15) is 23.0 Å². The largest absolute Gasteiger partial charge is 0.458 e. The number of hydrogen-bond acceptors (Lipinski definition) is 3. The number of anilines is 2. The van der Waals surface area contributed by atoms with Gasteiger partial charge in [0.25, 0.3) is 6.71 Å². The number of hydrogen-bond donors (Lipinski definition) is 0. The number of fused-ring (bicyclic) bond motifs is 15. The van der Waals surface area contributed by atoms with Gasteiger partial charge in [-0.3, -0.25) is 0 Å². The summed E-state index contributed by atoms with van der Waals surface area (Å²) in [6, 6.07) is 77.4. The molecule has 0 amide bonds. The molecule has 0 spiro atoms. The highest BCUT2D eigenvalue weighted by Gasteiger charge is 2.46. The lowest BCUT2D eigenvalue weighted by molar-refractivity contribution is 0.462. The van der Waals surface area contributed by atoms with E-state index in [1.165, 1.54) is 44.6 Å². The monoisotopic (exact) mass is 763 g/mol. The van der Waals surface area contributed by atoms with Crippen molar-refractivity contribution in [3.05, 3.63) is 235 Å². The highest BCUT2D eigenvalue weighted by molar-refractivity contribution is 6.98. The fraction of sp³-hybridized carbons (Fsp3) is 0.0182. The molecule has 9 aromatic rings. The molecule has 5 heteroatoms. The summed E-state index contributed by atoms with van der Waals surface area (Å²) in [4.78, 5) is 2.57. The second kappa shape index (κ2) is 12.8. The standard InChI is InChI=1S/C55H35B2NO2/c1-3-17-36(18-4-1)55(37-19-5-2-6-20-37,39-34-52-54-53(35-39)60-51-30-16-13-27-47(51)56(54)46-26-12-15-29-50(46)59-52)38-31-32-49-43(33-38)41-22-8-11-25-45(41)57-44-24-10-7-21-40(44)42-23-9-14-28-48(42)58(49)57/h1-35H. The molecule has 3 nitrogen and oxygen atoms in total. The van der Waals surface area contributed by atoms with Gasteiger partial charge in [-0.25, -0.2) is 0 Å². The van der Waals surface area contributed by atoms with Gasteiger partial charge in [0.15, 0.2) is 0 Å². The zero-order valence-electron chi connectivity index (χ0n) is 32.6. The van der Waals surface area contributed by atoms with Crippen molar-refractivity contribution < 1.29 is 9.47 Å². The third kappa shape index (κ3) is 4.57. The molecule has 0 N–H and O–H groups in total. The van der Waals surface area contributed by atoms with Crippen LogP contribution in [-0.2, 0) is 5.41 Å². The van der Waals surface area contributed by atoms with Crippen LogP contribution in [0.2, 0.25) is 0 Å². The molecule has 0 saturated carbocycles. The van der Waals surface area contributed by atoms with Gasteiger partial charge >= 0.3 is 6.85 Å². The minimum Gasteiger partial charge on any atom is -0.458 e. The Morgan fingerprint density at radius 1 is 0.333 bits per heavy atom. The summed E-state index contributed by atoms with van der Waals surface area (Å²) in [6.07, 6.45) is 0. The predicted molar refractivity (Wildman–Crippen MR) is 247 cm³/mol. The Bertz CT molecular complexity index is 3090. The second-order valence-electron chi connectivity index (χ2n) is 16.3. The lowest BCUT2D eigenvalue weighted by atomic mass is 9.35. The minimum absolute atomic E-state index is 0.00690. The van der Waals surface area contributed by atoms with Crippen LogP contribution in [0.1, 0.15) is 22.3 Å². The van der Waals surface area contributed by atoms with E-state index < -0.39 is 5.41 Å². The lowest BCUT2D eigenvalue weighted by Crippen LogP contribution is -2.59. The Morgan fingerprint density at radius 3 is 1.40 bits per heavy atom. The third-order valence-corrected chi connectivity index (χ3v) is 13.3. The Morgan fingerprint density at radius 2 is 0.800 bits per heavy atom. The summed E-state index contributed by atoms with van der Waals surface area (Å²) in [7, 11) is 0. The predicted octanol–water partition coefficient (Wildman–Crippen LogP) is 9.70. The van der Waals surface area contributed by atoms with Crippen molar-refractivity contribution in [2.45, 2.75) is 5.41 Å². The minimum atomic E-state index is -0.766. The van der Waals surface area contributed by atoms with Gasteiger partial charge in [-0.15, -0.1) is 0 Å². The first-order chi connectivity index (χ1) is 29.8. The average Bonchev–Trinajstić information content (AvgIpc) is 3.32. The molecule has 0 saturated heterocycles. The molecule has 60 heavy (non-hydrogen) atoms. The fourth-order valence-electron chi connectivity index (χ4n) is 10.9. The first kappa shape index (κ1) is 33.5. The third-order valence-electron chi connectivity index (χ3n) is 13.3. The molecule has 0 atom stereocenters. The summed E-state index contributed by atoms with van der Waals surface area (Å²) in [5.74, 6) is 3.41. The average molecular weight is 764 g/mol. The molecule has 0 bridgehead atoms. The summed E-state index contributed by atoms with van der Waals surface area (Å²) in [5.41, 5.74) is 17.2. The Labute approximate surface area is 350 Å². The van der Waals surface area contributed by atoms with Crippen LogP contribution >= 0.6 is 0 Å². The van der Waals surface area contributed by atoms with E-state index in [0.29, 0.717) is 0 Å². The van der Waals surface area contributed by atoms with Gasteiger partial charge in [0.2, 0.25) is 0 Å². The van der Waals surface area contributed by atoms with Crippen molar-refractivity contribution in [3.63, 3.8) is 0 Å². The summed E-state index contributed by atoms with van der Waals surface area (Å²) in [6.45, 7) is 0.0351. The molecule has 278 valence electrons. The molecule has 0 aliphatic carbocycles. The van der Waals surface area contributed by atoms with Crippen LogP contribution in [0, 0.1) is 0 Å². The number of rotatable bonds is 4. The van der Waals surface area contributed by atoms with Crippen molar-refractivity contribution in [3.8, 4) is 45.3 Å². The Hall–Kier alpha value is -7.49. The molecule has 4 heterocycles. The smallest absolute Gasteiger partial charge is 0.329 e. The van der Waals surface area contributed by atoms with Crippen LogP contribution in [0.4, 0.5) is 11.4 Å². The van der Waals surface area contributed by atoms with Gasteiger partial charge in [-0.05, 0) is 97.7 Å². The van der Waals surface area contributed by atoms with E-state index in [9.17, 15) is 0 Å². The van der Waals surface area contributed by atoms with Crippen LogP contribution < -0.4 is 41.6 Å². The van der Waals surface area contributed by atoms with E-state index in [0.717, 1.165) is 61.6 Å². The van der Waals surface area contributed by atoms with E-state index in [2.05, 4.69) is 217 Å². The van der Waals surface area contributed by atoms with E-state index in [4.69, 9.17) is 9.47 Å². The fourth-order valence-corrected chi connectivity index (χ4v) is 10.9. The van der Waals surface area contributed by atoms with Gasteiger partial charge in [-0.1, -0.05) is 170 Å². The van der Waals surface area contributed by atoms with Crippen molar-refractivity contribution in [2.24, 2.45) is 0 Å². The number of nitrogens with zero attached hydrogens (tertiary/aromatic N) is 1. The maximum atomic E-state index is 6.95. The number of ether oxygens (including phenoxy) is 2. The van der Waals surface area contributed by atoms with Crippen molar-refractivity contribution in [1.29, 1.82) is 0 Å². The number of para-hydroxylation sites is 3. The molecule has 4 aliphatic heterocycles.